The molecule has 4 atom stereocenters. The molecule has 0 spiro atoms. The van der Waals surface area contributed by atoms with Gasteiger partial charge in [0.25, 0.3) is 0 Å². The largest absolute Gasteiger partial charge is 0.465 e. The van der Waals surface area contributed by atoms with E-state index in [1.54, 1.807) is 12.4 Å². The van der Waals surface area contributed by atoms with Crippen LogP contribution in [0.25, 0.3) is 33.6 Å². The maximum atomic E-state index is 12.5. The molecule has 254 valence electrons. The molecule has 4 rings (SSSR count). The summed E-state index contributed by atoms with van der Waals surface area (Å²) in [4.78, 5) is 62.5. The van der Waals surface area contributed by atoms with Crippen LogP contribution < -0.4 is 21.3 Å². The van der Waals surface area contributed by atoms with Crippen molar-refractivity contribution in [2.24, 2.45) is 11.8 Å². The Morgan fingerprint density at radius 3 is 1.15 bits per heavy atom. The van der Waals surface area contributed by atoms with E-state index in [1.165, 1.54) is 13.8 Å². The Bertz CT molecular complexity index is 1600. The van der Waals surface area contributed by atoms with Crippen LogP contribution in [-0.4, -0.2) is 66.2 Å². The molecule has 0 radical (unpaired) electrons. The van der Waals surface area contributed by atoms with Gasteiger partial charge in [0.15, 0.2) is 0 Å². The lowest BCUT2D eigenvalue weighted by molar-refractivity contribution is -0.124. The van der Waals surface area contributed by atoms with Crippen molar-refractivity contribution in [2.45, 2.75) is 65.7 Å². The minimum Gasteiger partial charge on any atom is -0.465 e. The van der Waals surface area contributed by atoms with E-state index in [1.807, 2.05) is 76.2 Å². The van der Waals surface area contributed by atoms with E-state index in [0.717, 1.165) is 33.6 Å². The molecule has 14 nitrogen and oxygen atoms in total. The Hall–Kier alpha value is -5.66. The monoisotopic (exact) mass is 658 g/mol. The van der Waals surface area contributed by atoms with Gasteiger partial charge in [0, 0.05) is 0 Å². The number of rotatable bonds is 13. The van der Waals surface area contributed by atoms with Gasteiger partial charge in [0.05, 0.1) is 35.9 Å². The van der Waals surface area contributed by atoms with Gasteiger partial charge in [-0.05, 0) is 47.9 Å². The number of nitrogens with one attached hydrogen (secondary N) is 6. The number of aromatic nitrogens is 4. The van der Waals surface area contributed by atoms with Crippen molar-refractivity contribution in [1.29, 1.82) is 0 Å². The average molecular weight is 659 g/mol. The number of carboxylic acid groups (broad SMARTS) is 2. The normalized spacial score (nSPS) is 13.8. The van der Waals surface area contributed by atoms with E-state index in [4.69, 9.17) is 10.2 Å². The van der Waals surface area contributed by atoms with Gasteiger partial charge in [-0.15, -0.1) is 0 Å². The molecule has 2 aromatic heterocycles. The van der Waals surface area contributed by atoms with Crippen LogP contribution in [0.15, 0.2) is 60.9 Å². The van der Waals surface area contributed by atoms with E-state index >= 15 is 0 Å². The molecule has 14 heteroatoms. The molecule has 8 N–H and O–H groups in total. The predicted octanol–water partition coefficient (Wildman–Crippen LogP) is 5.07. The molecular formula is C34H42N8O6. The molecule has 0 unspecified atom stereocenters. The van der Waals surface area contributed by atoms with E-state index in [0.29, 0.717) is 11.6 Å². The minimum atomic E-state index is -1.27. The summed E-state index contributed by atoms with van der Waals surface area (Å²) < 4.78 is 0. The van der Waals surface area contributed by atoms with Crippen LogP contribution in [-0.2, 0) is 9.59 Å². The summed E-state index contributed by atoms with van der Waals surface area (Å²) in [5.74, 6) is 0.260. The second-order valence-corrected chi connectivity index (χ2v) is 12.3. The lowest BCUT2D eigenvalue weighted by atomic mass is 10.0. The topological polar surface area (TPSA) is 214 Å². The van der Waals surface area contributed by atoms with Crippen molar-refractivity contribution >= 4 is 24.0 Å². The molecule has 4 amide bonds. The molecule has 48 heavy (non-hydrogen) atoms. The number of imidazole rings is 2. The van der Waals surface area contributed by atoms with Gasteiger partial charge >= 0.3 is 12.2 Å². The van der Waals surface area contributed by atoms with Gasteiger partial charge in [0.2, 0.25) is 11.8 Å². The molecule has 0 aliphatic rings. The lowest BCUT2D eigenvalue weighted by Crippen LogP contribution is -2.46. The second kappa shape index (κ2) is 15.3. The molecule has 0 saturated carbocycles. The number of nitrogens with zero attached hydrogens (tertiary/aromatic N) is 2. The molecule has 0 aliphatic heterocycles. The molecule has 0 bridgehead atoms. The van der Waals surface area contributed by atoms with Crippen molar-refractivity contribution in [3.8, 4) is 33.6 Å². The number of aromatic amines is 2. The summed E-state index contributed by atoms with van der Waals surface area (Å²) in [6.07, 6.45) is 0.881. The Kier molecular flexibility index (Phi) is 11.2. The van der Waals surface area contributed by atoms with Crippen molar-refractivity contribution in [2.75, 3.05) is 0 Å². The van der Waals surface area contributed by atoms with Gasteiger partial charge in [-0.3, -0.25) is 9.59 Å². The molecule has 2 heterocycles. The van der Waals surface area contributed by atoms with Crippen molar-refractivity contribution < 1.29 is 29.4 Å². The highest BCUT2D eigenvalue weighted by atomic mass is 16.4. The molecular weight excluding hydrogens is 616 g/mol. The SMILES string of the molecule is CC(C)[C@@H](NC(=O)[C@H](C)NC(=O)O)c1ncc(-c2ccc(-c3ccc(-c4cnc([C@H](NC(=O)[C@H](C)NC(=O)O)C(C)C)[nH]4)cc3)cc2)[nH]1. The molecule has 2 aromatic carbocycles. The fourth-order valence-corrected chi connectivity index (χ4v) is 5.13. The summed E-state index contributed by atoms with van der Waals surface area (Å²) in [7, 11) is 0. The Morgan fingerprint density at radius 2 is 0.854 bits per heavy atom. The molecule has 4 aromatic rings. The number of benzene rings is 2. The molecule has 0 aliphatic carbocycles. The van der Waals surface area contributed by atoms with Crippen LogP contribution in [0.5, 0.6) is 0 Å². The summed E-state index contributed by atoms with van der Waals surface area (Å²) in [6, 6.07) is 13.3. The zero-order valence-corrected chi connectivity index (χ0v) is 27.7. The highest BCUT2D eigenvalue weighted by Crippen LogP contribution is 2.29. The van der Waals surface area contributed by atoms with E-state index in [2.05, 4.69) is 41.2 Å². The van der Waals surface area contributed by atoms with Gasteiger partial charge in [-0.25, -0.2) is 19.6 Å². The maximum absolute atomic E-state index is 12.5. The van der Waals surface area contributed by atoms with Gasteiger partial charge in [-0.1, -0.05) is 76.2 Å². The first kappa shape index (κ1) is 35.2. The third-order valence-corrected chi connectivity index (χ3v) is 7.90. The average Bonchev–Trinajstić information content (AvgIpc) is 3.72. The number of amides is 4. The Balaban J connectivity index is 1.43. The van der Waals surface area contributed by atoms with Crippen LogP contribution in [0.4, 0.5) is 9.59 Å². The first-order valence-electron chi connectivity index (χ1n) is 15.6. The highest BCUT2D eigenvalue weighted by molar-refractivity contribution is 5.85. The van der Waals surface area contributed by atoms with Crippen LogP contribution >= 0.6 is 0 Å². The van der Waals surface area contributed by atoms with E-state index in [-0.39, 0.29) is 11.8 Å². The first-order valence-corrected chi connectivity index (χ1v) is 15.6. The smallest absolute Gasteiger partial charge is 0.405 e. The van der Waals surface area contributed by atoms with Crippen LogP contribution in [0.1, 0.15) is 65.3 Å². The lowest BCUT2D eigenvalue weighted by Gasteiger charge is -2.22. The Labute approximate surface area is 278 Å². The Morgan fingerprint density at radius 1 is 0.542 bits per heavy atom. The summed E-state index contributed by atoms with van der Waals surface area (Å²) >= 11 is 0. The van der Waals surface area contributed by atoms with E-state index in [9.17, 15) is 19.2 Å². The number of hydrogen-bond acceptors (Lipinski definition) is 6. The predicted molar refractivity (Wildman–Crippen MR) is 180 cm³/mol. The van der Waals surface area contributed by atoms with Crippen molar-refractivity contribution in [1.82, 2.24) is 41.2 Å². The van der Waals surface area contributed by atoms with Crippen molar-refractivity contribution in [3.05, 3.63) is 72.6 Å². The molecule has 0 fully saturated rings. The number of hydrogen-bond donors (Lipinski definition) is 8. The first-order chi connectivity index (χ1) is 22.7. The zero-order chi connectivity index (χ0) is 35.1. The fourth-order valence-electron chi connectivity index (χ4n) is 5.13. The maximum Gasteiger partial charge on any atom is 0.405 e. The summed E-state index contributed by atoms with van der Waals surface area (Å²) in [5, 5.41) is 27.9. The quantitative estimate of drug-likeness (QED) is 0.0968. The van der Waals surface area contributed by atoms with E-state index < -0.39 is 48.2 Å². The molecule has 0 saturated heterocycles. The summed E-state index contributed by atoms with van der Waals surface area (Å²) in [6.45, 7) is 10.7. The van der Waals surface area contributed by atoms with Gasteiger partial charge < -0.3 is 41.4 Å². The number of H-pyrrole nitrogens is 2. The van der Waals surface area contributed by atoms with Crippen LogP contribution in [0.3, 0.4) is 0 Å². The zero-order valence-electron chi connectivity index (χ0n) is 27.7. The third-order valence-electron chi connectivity index (χ3n) is 7.90. The van der Waals surface area contributed by atoms with Crippen molar-refractivity contribution in [3.63, 3.8) is 0 Å². The van der Waals surface area contributed by atoms with Gasteiger partial charge in [0.1, 0.15) is 23.7 Å². The standard InChI is InChI=1S/C34H42N8O6/c1-17(2)27(41-31(43)19(5)37-33(45)46)29-35-15-25(39-29)23-11-7-21(8-12-23)22-9-13-24(14-10-22)26-16-36-30(40-26)28(18(3)4)42-32(44)20(6)38-34(47)48/h7-20,27-28,37-38H,1-6H3,(H,35,39)(H,36,40)(H,41,43)(H,42,44)(H,45,46)(H,47,48)/t19-,20-,27+,28+/m0/s1. The van der Waals surface area contributed by atoms with Crippen LogP contribution in [0.2, 0.25) is 0 Å². The second-order valence-electron chi connectivity index (χ2n) is 12.3. The highest BCUT2D eigenvalue weighted by Gasteiger charge is 2.26. The third kappa shape index (κ3) is 8.78. The van der Waals surface area contributed by atoms with Crippen LogP contribution in [0, 0.1) is 11.8 Å². The minimum absolute atomic E-state index is 0.00187. The number of carbonyl (C=O) groups excluding carboxylic acids is 2. The fraction of sp³-hybridized carbons (Fsp3) is 0.353. The summed E-state index contributed by atoms with van der Waals surface area (Å²) in [5.41, 5.74) is 5.40. The van der Waals surface area contributed by atoms with Gasteiger partial charge in [-0.2, -0.15) is 0 Å². The number of carbonyl (C=O) groups is 4.